The summed E-state index contributed by atoms with van der Waals surface area (Å²) >= 11 is 0. The molecule has 2 N–H and O–H groups in total. The van der Waals surface area contributed by atoms with E-state index < -0.39 is 15.7 Å². The van der Waals surface area contributed by atoms with E-state index in [1.807, 2.05) is 0 Å². The molecule has 1 aliphatic carbocycles. The lowest BCUT2D eigenvalue weighted by molar-refractivity contribution is 0.571. The molecule has 2 heterocycles. The number of anilines is 2. The first-order valence-corrected chi connectivity index (χ1v) is 10.8. The normalized spacial score (nSPS) is 13.4. The van der Waals surface area contributed by atoms with Crippen LogP contribution in [-0.2, 0) is 16.4 Å². The van der Waals surface area contributed by atoms with E-state index in [4.69, 9.17) is 5.26 Å². The highest BCUT2D eigenvalue weighted by Gasteiger charge is 2.24. The van der Waals surface area contributed by atoms with Gasteiger partial charge < -0.3 is 10.3 Å². The van der Waals surface area contributed by atoms with Crippen molar-refractivity contribution in [1.82, 2.24) is 14.8 Å². The quantitative estimate of drug-likeness (QED) is 0.658. The van der Waals surface area contributed by atoms with Crippen molar-refractivity contribution in [2.75, 3.05) is 11.6 Å². The van der Waals surface area contributed by atoms with Crippen molar-refractivity contribution in [3.05, 3.63) is 46.6 Å². The highest BCUT2D eigenvalue weighted by molar-refractivity contribution is 7.90. The van der Waals surface area contributed by atoms with Crippen molar-refractivity contribution in [1.29, 1.82) is 5.26 Å². The Morgan fingerprint density at radius 3 is 2.66 bits per heavy atom. The van der Waals surface area contributed by atoms with Crippen LogP contribution in [0.1, 0.15) is 19.8 Å². The number of hydrogen-bond donors (Lipinski definition) is 2. The fourth-order valence-electron chi connectivity index (χ4n) is 2.92. The molecule has 0 unspecified atom stereocenters. The molecule has 8 nitrogen and oxygen atoms in total. The number of rotatable bonds is 5. The van der Waals surface area contributed by atoms with Gasteiger partial charge in [0.05, 0.1) is 11.6 Å². The van der Waals surface area contributed by atoms with Gasteiger partial charge in [0.1, 0.15) is 16.1 Å². The molecule has 0 aliphatic heterocycles. The molecule has 2 aromatic heterocycles. The highest BCUT2D eigenvalue weighted by Crippen LogP contribution is 2.32. The molecule has 152 valence electrons. The Labute approximate surface area is 166 Å². The fraction of sp³-hybridized carbons (Fsp3) is 0.316. The van der Waals surface area contributed by atoms with E-state index in [9.17, 15) is 17.6 Å². The second kappa shape index (κ2) is 8.05. The maximum Gasteiger partial charge on any atom is 0.261 e. The van der Waals surface area contributed by atoms with Gasteiger partial charge >= 0.3 is 0 Å². The Hall–Kier alpha value is -3.19. The SMILES string of the molecule is CC#N.CS(=O)(=O)c1ccc(Nc2nn(CC3CC3)c3cc[nH]c(=O)c23)cc1F. The number of hydrogen-bond acceptors (Lipinski definition) is 6. The van der Waals surface area contributed by atoms with Crippen LogP contribution in [0.3, 0.4) is 0 Å². The number of aromatic amines is 1. The van der Waals surface area contributed by atoms with E-state index in [2.05, 4.69) is 15.4 Å². The molecule has 0 atom stereocenters. The van der Waals surface area contributed by atoms with E-state index in [-0.39, 0.29) is 10.5 Å². The monoisotopic (exact) mass is 417 g/mol. The Morgan fingerprint density at radius 2 is 2.07 bits per heavy atom. The van der Waals surface area contributed by atoms with E-state index in [0.717, 1.165) is 31.7 Å². The van der Waals surface area contributed by atoms with Crippen molar-refractivity contribution < 1.29 is 12.8 Å². The summed E-state index contributed by atoms with van der Waals surface area (Å²) in [5.41, 5.74) is 0.729. The third-order valence-electron chi connectivity index (χ3n) is 4.40. The lowest BCUT2D eigenvalue weighted by atomic mass is 10.2. The number of pyridine rings is 1. The predicted octanol–water partition coefficient (Wildman–Crippen LogP) is 2.95. The summed E-state index contributed by atoms with van der Waals surface area (Å²) in [6, 6.07) is 7.26. The summed E-state index contributed by atoms with van der Waals surface area (Å²) in [6.45, 7) is 2.16. The Balaban J connectivity index is 0.000000755. The number of aromatic nitrogens is 3. The molecule has 10 heteroatoms. The zero-order chi connectivity index (χ0) is 21.2. The third-order valence-corrected chi connectivity index (χ3v) is 5.53. The lowest BCUT2D eigenvalue weighted by Gasteiger charge is -2.06. The average molecular weight is 417 g/mol. The Bertz CT molecular complexity index is 1250. The maximum absolute atomic E-state index is 14.1. The van der Waals surface area contributed by atoms with Crippen LogP contribution in [0, 0.1) is 23.1 Å². The van der Waals surface area contributed by atoms with Gasteiger partial charge in [-0.05, 0) is 43.0 Å². The first-order valence-electron chi connectivity index (χ1n) is 8.90. The number of sulfone groups is 1. The molecule has 1 aliphatic rings. The minimum atomic E-state index is -3.64. The zero-order valence-corrected chi connectivity index (χ0v) is 16.8. The number of halogens is 1. The topological polar surface area (TPSA) is 121 Å². The lowest BCUT2D eigenvalue weighted by Crippen LogP contribution is -2.06. The van der Waals surface area contributed by atoms with Gasteiger partial charge in [-0.1, -0.05) is 0 Å². The third kappa shape index (κ3) is 4.63. The molecule has 29 heavy (non-hydrogen) atoms. The van der Waals surface area contributed by atoms with Gasteiger partial charge in [-0.2, -0.15) is 10.4 Å². The van der Waals surface area contributed by atoms with Crippen molar-refractivity contribution >= 4 is 32.2 Å². The van der Waals surface area contributed by atoms with Crippen molar-refractivity contribution in [3.8, 4) is 6.07 Å². The molecule has 1 fully saturated rings. The first-order chi connectivity index (χ1) is 13.7. The summed E-state index contributed by atoms with van der Waals surface area (Å²) < 4.78 is 39.0. The molecular weight excluding hydrogens is 397 g/mol. The van der Waals surface area contributed by atoms with Crippen LogP contribution in [0.5, 0.6) is 0 Å². The van der Waals surface area contributed by atoms with Crippen LogP contribution in [-0.4, -0.2) is 29.4 Å². The van der Waals surface area contributed by atoms with Crippen LogP contribution in [0.2, 0.25) is 0 Å². The fourth-order valence-corrected chi connectivity index (χ4v) is 3.65. The molecule has 1 saturated carbocycles. The molecule has 0 spiro atoms. The molecule has 0 bridgehead atoms. The van der Waals surface area contributed by atoms with Gasteiger partial charge in [-0.15, -0.1) is 0 Å². The second-order valence-electron chi connectivity index (χ2n) is 6.81. The van der Waals surface area contributed by atoms with Gasteiger partial charge in [-0.3, -0.25) is 9.48 Å². The summed E-state index contributed by atoms with van der Waals surface area (Å²) in [5, 5.41) is 15.1. The van der Waals surface area contributed by atoms with Crippen molar-refractivity contribution in [2.24, 2.45) is 5.92 Å². The van der Waals surface area contributed by atoms with E-state index in [0.29, 0.717) is 28.3 Å². The largest absolute Gasteiger partial charge is 0.338 e. The van der Waals surface area contributed by atoms with E-state index in [1.165, 1.54) is 19.1 Å². The van der Waals surface area contributed by atoms with Gasteiger partial charge in [0.15, 0.2) is 15.7 Å². The van der Waals surface area contributed by atoms with Crippen LogP contribution in [0.25, 0.3) is 10.9 Å². The van der Waals surface area contributed by atoms with Gasteiger partial charge in [-0.25, -0.2) is 12.8 Å². The summed E-state index contributed by atoms with van der Waals surface area (Å²) in [7, 11) is -3.64. The van der Waals surface area contributed by atoms with Crippen LogP contribution in [0.4, 0.5) is 15.9 Å². The van der Waals surface area contributed by atoms with Crippen LogP contribution < -0.4 is 10.9 Å². The number of nitrogens with zero attached hydrogens (tertiary/aromatic N) is 3. The molecular formula is C19H20FN5O3S. The molecule has 0 saturated heterocycles. The minimum absolute atomic E-state index is 0.291. The maximum atomic E-state index is 14.1. The summed E-state index contributed by atoms with van der Waals surface area (Å²) in [4.78, 5) is 14.5. The summed E-state index contributed by atoms with van der Waals surface area (Å²) in [5.74, 6) is 0.0267. The summed E-state index contributed by atoms with van der Waals surface area (Å²) in [6.07, 6.45) is 4.81. The molecule has 3 aromatic rings. The predicted molar refractivity (Wildman–Crippen MR) is 107 cm³/mol. The van der Waals surface area contributed by atoms with Gasteiger partial charge in [0, 0.05) is 31.6 Å². The highest BCUT2D eigenvalue weighted by atomic mass is 32.2. The molecule has 1 aromatic carbocycles. The van der Waals surface area contributed by atoms with Crippen LogP contribution >= 0.6 is 0 Å². The smallest absolute Gasteiger partial charge is 0.261 e. The first kappa shape index (κ1) is 20.5. The molecule has 0 radical (unpaired) electrons. The number of fused-ring (bicyclic) bond motifs is 1. The number of H-pyrrole nitrogens is 1. The standard InChI is InChI=1S/C17H17FN4O3S.C2H3N/c1-26(24,25)14-5-4-11(8-12(14)18)20-16-15-13(6-7-19-17(15)23)22(21-16)9-10-2-3-10;1-2-3/h4-8,10H,2-3,9H2,1H3,(H,19,23)(H,20,21);1H3. The second-order valence-corrected chi connectivity index (χ2v) is 8.79. The number of benzene rings is 1. The molecule has 4 rings (SSSR count). The van der Waals surface area contributed by atoms with Gasteiger partial charge in [0.25, 0.3) is 5.56 Å². The number of nitriles is 1. The van der Waals surface area contributed by atoms with Crippen LogP contribution in [0.15, 0.2) is 40.2 Å². The average Bonchev–Trinajstić information content (AvgIpc) is 3.37. The van der Waals surface area contributed by atoms with E-state index in [1.54, 1.807) is 23.0 Å². The Kier molecular flexibility index (Phi) is 5.70. The minimum Gasteiger partial charge on any atom is -0.338 e. The van der Waals surface area contributed by atoms with Gasteiger partial charge in [0.2, 0.25) is 0 Å². The zero-order valence-electron chi connectivity index (χ0n) is 15.9. The van der Waals surface area contributed by atoms with Crippen molar-refractivity contribution in [3.63, 3.8) is 0 Å². The Morgan fingerprint density at radius 1 is 1.38 bits per heavy atom. The van der Waals surface area contributed by atoms with Crippen molar-refractivity contribution in [2.45, 2.75) is 31.2 Å². The van der Waals surface area contributed by atoms with E-state index >= 15 is 0 Å². The molecule has 0 amide bonds. The number of nitrogens with one attached hydrogen (secondary N) is 2.